The Kier molecular flexibility index (Phi) is 6.27. The molecule has 0 radical (unpaired) electrons. The van der Waals surface area contributed by atoms with Gasteiger partial charge in [-0.05, 0) is 31.2 Å². The first-order chi connectivity index (χ1) is 16.6. The average Bonchev–Trinajstić information content (AvgIpc) is 2.89. The maximum atomic E-state index is 13.3. The Balaban J connectivity index is 1.34. The Morgan fingerprint density at radius 3 is 2.50 bits per heavy atom. The number of piperazine rings is 1. The molecule has 1 saturated heterocycles. The summed E-state index contributed by atoms with van der Waals surface area (Å²) in [7, 11) is 0. The van der Waals surface area contributed by atoms with Gasteiger partial charge in [0.05, 0.1) is 28.5 Å². The highest BCUT2D eigenvalue weighted by molar-refractivity contribution is 7.99. The van der Waals surface area contributed by atoms with Gasteiger partial charge in [-0.2, -0.15) is 0 Å². The van der Waals surface area contributed by atoms with E-state index in [1.165, 1.54) is 11.8 Å². The summed E-state index contributed by atoms with van der Waals surface area (Å²) >= 11 is 1.30. The summed E-state index contributed by atoms with van der Waals surface area (Å²) in [6.07, 6.45) is 5.06. The molecule has 34 heavy (non-hydrogen) atoms. The highest BCUT2D eigenvalue weighted by Gasteiger charge is 2.23. The lowest BCUT2D eigenvalue weighted by molar-refractivity contribution is -0.128. The normalized spacial score (nSPS) is 13.9. The summed E-state index contributed by atoms with van der Waals surface area (Å²) < 4.78 is 1.60. The van der Waals surface area contributed by atoms with E-state index in [-0.39, 0.29) is 17.2 Å². The maximum Gasteiger partial charge on any atom is 0.266 e. The minimum atomic E-state index is -0.137. The second-order valence-electron chi connectivity index (χ2n) is 8.11. The van der Waals surface area contributed by atoms with Crippen LogP contribution in [0.4, 0.5) is 5.82 Å². The van der Waals surface area contributed by atoms with E-state index in [1.54, 1.807) is 29.2 Å². The van der Waals surface area contributed by atoms with Gasteiger partial charge >= 0.3 is 0 Å². The third-order valence-corrected chi connectivity index (χ3v) is 6.79. The number of fused-ring (bicyclic) bond motifs is 1. The molecule has 0 unspecified atom stereocenters. The molecule has 2 aromatic carbocycles. The van der Waals surface area contributed by atoms with E-state index in [9.17, 15) is 9.59 Å². The third-order valence-electron chi connectivity index (χ3n) is 5.87. The van der Waals surface area contributed by atoms with E-state index < -0.39 is 0 Å². The molecule has 0 N–H and O–H groups in total. The van der Waals surface area contributed by atoms with E-state index in [0.717, 1.165) is 17.1 Å². The molecule has 172 valence electrons. The fraction of sp³-hybridized carbons (Fsp3) is 0.240. The molecule has 3 heterocycles. The number of amides is 1. The molecule has 0 atom stereocenters. The topological polar surface area (TPSA) is 84.2 Å². The monoisotopic (exact) mass is 472 g/mol. The van der Waals surface area contributed by atoms with Crippen LogP contribution in [0.1, 0.15) is 5.56 Å². The summed E-state index contributed by atoms with van der Waals surface area (Å²) in [6.45, 7) is 4.65. The molecule has 1 aliphatic rings. The van der Waals surface area contributed by atoms with Crippen LogP contribution in [0.5, 0.6) is 0 Å². The van der Waals surface area contributed by atoms with Crippen molar-refractivity contribution in [2.75, 3.05) is 36.8 Å². The van der Waals surface area contributed by atoms with Crippen molar-refractivity contribution in [2.45, 2.75) is 12.1 Å². The van der Waals surface area contributed by atoms with Gasteiger partial charge in [-0.15, -0.1) is 0 Å². The molecule has 0 bridgehead atoms. The van der Waals surface area contributed by atoms with Crippen LogP contribution < -0.4 is 10.5 Å². The zero-order chi connectivity index (χ0) is 23.5. The average molecular weight is 473 g/mol. The third kappa shape index (κ3) is 4.51. The molecular formula is C25H24N6O2S. The number of rotatable bonds is 5. The smallest absolute Gasteiger partial charge is 0.266 e. The highest BCUT2D eigenvalue weighted by atomic mass is 32.2. The number of aromatic nitrogens is 4. The maximum absolute atomic E-state index is 13.3. The van der Waals surface area contributed by atoms with Crippen LogP contribution in [0.15, 0.2) is 77.1 Å². The minimum absolute atomic E-state index is 0.0293. The number of hydrogen-bond donors (Lipinski definition) is 0. The number of hydrogen-bond acceptors (Lipinski definition) is 7. The summed E-state index contributed by atoms with van der Waals surface area (Å²) in [5.41, 5.74) is 2.34. The fourth-order valence-corrected chi connectivity index (χ4v) is 4.90. The van der Waals surface area contributed by atoms with Gasteiger partial charge in [0.25, 0.3) is 5.56 Å². The number of carbonyl (C=O) groups is 1. The van der Waals surface area contributed by atoms with Crippen molar-refractivity contribution in [2.24, 2.45) is 0 Å². The van der Waals surface area contributed by atoms with E-state index in [1.807, 2.05) is 54.3 Å². The molecule has 0 spiro atoms. The largest absolute Gasteiger partial charge is 0.352 e. The molecule has 4 aromatic rings. The molecule has 2 aromatic heterocycles. The van der Waals surface area contributed by atoms with E-state index in [0.29, 0.717) is 42.2 Å². The predicted molar refractivity (Wildman–Crippen MR) is 134 cm³/mol. The first kappa shape index (κ1) is 22.1. The Hall–Kier alpha value is -3.72. The van der Waals surface area contributed by atoms with Gasteiger partial charge in [-0.1, -0.05) is 41.6 Å². The van der Waals surface area contributed by atoms with E-state index in [4.69, 9.17) is 4.98 Å². The zero-order valence-electron chi connectivity index (χ0n) is 18.8. The van der Waals surface area contributed by atoms with Crippen LogP contribution in [0, 0.1) is 6.92 Å². The molecule has 5 rings (SSSR count). The SMILES string of the molecule is Cc1ccc(-n2c(SCC(=O)N3CCN(c4cnccn4)CC3)nc3ccccc3c2=O)cc1. The molecule has 9 heteroatoms. The quantitative estimate of drug-likeness (QED) is 0.326. The van der Waals surface area contributed by atoms with Crippen molar-refractivity contribution in [3.05, 3.63) is 83.0 Å². The molecule has 0 aliphatic carbocycles. The lowest BCUT2D eigenvalue weighted by atomic mass is 10.2. The summed E-state index contributed by atoms with van der Waals surface area (Å²) in [6, 6.07) is 15.1. The van der Waals surface area contributed by atoms with Crippen molar-refractivity contribution in [3.63, 3.8) is 0 Å². The van der Waals surface area contributed by atoms with Crippen molar-refractivity contribution in [1.29, 1.82) is 0 Å². The van der Waals surface area contributed by atoms with Crippen LogP contribution in [0.25, 0.3) is 16.6 Å². The fourth-order valence-electron chi connectivity index (χ4n) is 3.99. The molecule has 0 saturated carbocycles. The Morgan fingerprint density at radius 2 is 1.76 bits per heavy atom. The molecular weight excluding hydrogens is 448 g/mol. The van der Waals surface area contributed by atoms with Gasteiger partial charge < -0.3 is 9.80 Å². The van der Waals surface area contributed by atoms with Crippen molar-refractivity contribution >= 4 is 34.4 Å². The van der Waals surface area contributed by atoms with Crippen LogP contribution >= 0.6 is 11.8 Å². The van der Waals surface area contributed by atoms with Gasteiger partial charge in [0.15, 0.2) is 5.16 Å². The van der Waals surface area contributed by atoms with Gasteiger partial charge in [-0.3, -0.25) is 19.1 Å². The Morgan fingerprint density at radius 1 is 1.00 bits per heavy atom. The lowest BCUT2D eigenvalue weighted by Crippen LogP contribution is -2.49. The number of nitrogens with zero attached hydrogens (tertiary/aromatic N) is 6. The zero-order valence-corrected chi connectivity index (χ0v) is 19.6. The standard InChI is InChI=1S/C25H24N6O2S/c1-18-6-8-19(9-7-18)31-24(33)20-4-2-3-5-21(20)28-25(31)34-17-23(32)30-14-12-29(13-15-30)22-16-26-10-11-27-22/h2-11,16H,12-15,17H2,1H3. The van der Waals surface area contributed by atoms with Crippen molar-refractivity contribution in [1.82, 2.24) is 24.4 Å². The molecule has 1 fully saturated rings. The molecule has 1 aliphatic heterocycles. The first-order valence-corrected chi connectivity index (χ1v) is 12.1. The van der Waals surface area contributed by atoms with Gasteiger partial charge in [-0.25, -0.2) is 9.97 Å². The van der Waals surface area contributed by atoms with Crippen LogP contribution in [-0.4, -0.2) is 62.3 Å². The van der Waals surface area contributed by atoms with Crippen LogP contribution in [0.2, 0.25) is 0 Å². The van der Waals surface area contributed by atoms with Crippen molar-refractivity contribution in [3.8, 4) is 5.69 Å². The van der Waals surface area contributed by atoms with Crippen LogP contribution in [-0.2, 0) is 4.79 Å². The number of carbonyl (C=O) groups excluding carboxylic acids is 1. The number of anilines is 1. The lowest BCUT2D eigenvalue weighted by Gasteiger charge is -2.35. The minimum Gasteiger partial charge on any atom is -0.352 e. The van der Waals surface area contributed by atoms with Gasteiger partial charge in [0, 0.05) is 38.6 Å². The Bertz CT molecular complexity index is 1370. The summed E-state index contributed by atoms with van der Waals surface area (Å²) in [5, 5.41) is 1.07. The van der Waals surface area contributed by atoms with Gasteiger partial charge in [0.1, 0.15) is 5.82 Å². The van der Waals surface area contributed by atoms with Crippen LogP contribution in [0.3, 0.4) is 0 Å². The predicted octanol–water partition coefficient (Wildman–Crippen LogP) is 2.93. The molecule has 1 amide bonds. The summed E-state index contributed by atoms with van der Waals surface area (Å²) in [4.78, 5) is 43.5. The van der Waals surface area contributed by atoms with E-state index >= 15 is 0 Å². The highest BCUT2D eigenvalue weighted by Crippen LogP contribution is 2.22. The Labute approximate surface area is 201 Å². The van der Waals surface area contributed by atoms with Crippen molar-refractivity contribution < 1.29 is 4.79 Å². The second kappa shape index (κ2) is 9.64. The molecule has 8 nitrogen and oxygen atoms in total. The first-order valence-electron chi connectivity index (χ1n) is 11.1. The van der Waals surface area contributed by atoms with Gasteiger partial charge in [0.2, 0.25) is 5.91 Å². The summed E-state index contributed by atoms with van der Waals surface area (Å²) in [5.74, 6) is 1.06. The number of para-hydroxylation sites is 1. The number of benzene rings is 2. The second-order valence-corrected chi connectivity index (χ2v) is 9.05. The van der Waals surface area contributed by atoms with E-state index in [2.05, 4.69) is 14.9 Å². The number of aryl methyl sites for hydroxylation is 1. The number of thioether (sulfide) groups is 1.